The largest absolute Gasteiger partial charge is 0.398 e. The SMILES string of the molecule is CSc1cc2sc(I)cc2cc1N. The third kappa shape index (κ3) is 1.80. The van der Waals surface area contributed by atoms with Crippen LogP contribution in [0.3, 0.4) is 0 Å². The highest BCUT2D eigenvalue weighted by Gasteiger charge is 2.03. The van der Waals surface area contributed by atoms with E-state index in [4.69, 9.17) is 5.73 Å². The van der Waals surface area contributed by atoms with Crippen LogP contribution in [-0.4, -0.2) is 6.26 Å². The summed E-state index contributed by atoms with van der Waals surface area (Å²) in [4.78, 5) is 1.17. The summed E-state index contributed by atoms with van der Waals surface area (Å²) in [7, 11) is 0. The van der Waals surface area contributed by atoms with E-state index in [1.807, 2.05) is 11.3 Å². The molecule has 0 saturated carbocycles. The monoisotopic (exact) mass is 321 g/mol. The summed E-state index contributed by atoms with van der Waals surface area (Å²) in [6.45, 7) is 0. The Balaban J connectivity index is 2.72. The zero-order valence-electron chi connectivity index (χ0n) is 7.00. The first-order valence-electron chi connectivity index (χ1n) is 3.73. The quantitative estimate of drug-likeness (QED) is 0.491. The second-order valence-corrected chi connectivity index (χ2v) is 6.51. The summed E-state index contributed by atoms with van der Waals surface area (Å²) in [5.41, 5.74) is 6.77. The van der Waals surface area contributed by atoms with E-state index in [1.54, 1.807) is 11.8 Å². The number of halogens is 1. The molecule has 1 nitrogen and oxygen atoms in total. The molecule has 2 N–H and O–H groups in total. The van der Waals surface area contributed by atoms with Gasteiger partial charge in [0.25, 0.3) is 0 Å². The van der Waals surface area contributed by atoms with Gasteiger partial charge in [-0.05, 0) is 52.4 Å². The molecule has 2 rings (SSSR count). The minimum Gasteiger partial charge on any atom is -0.398 e. The topological polar surface area (TPSA) is 26.0 Å². The van der Waals surface area contributed by atoms with Gasteiger partial charge in [0.2, 0.25) is 0 Å². The van der Waals surface area contributed by atoms with Gasteiger partial charge in [-0.25, -0.2) is 0 Å². The van der Waals surface area contributed by atoms with Gasteiger partial charge in [-0.3, -0.25) is 0 Å². The molecular weight excluding hydrogens is 313 g/mol. The predicted molar refractivity (Wildman–Crippen MR) is 70.7 cm³/mol. The zero-order valence-corrected chi connectivity index (χ0v) is 10.8. The van der Waals surface area contributed by atoms with Crippen molar-refractivity contribution in [2.75, 3.05) is 12.0 Å². The molecule has 13 heavy (non-hydrogen) atoms. The van der Waals surface area contributed by atoms with Gasteiger partial charge in [0.15, 0.2) is 0 Å². The fraction of sp³-hybridized carbons (Fsp3) is 0.111. The van der Waals surface area contributed by atoms with Crippen LogP contribution in [0.15, 0.2) is 23.1 Å². The van der Waals surface area contributed by atoms with Crippen molar-refractivity contribution in [3.05, 3.63) is 21.1 Å². The molecule has 0 unspecified atom stereocenters. The summed E-state index contributed by atoms with van der Waals surface area (Å²) in [6.07, 6.45) is 2.05. The molecule has 0 fully saturated rings. The zero-order chi connectivity index (χ0) is 9.42. The molecular formula is C9H8INS2. The van der Waals surface area contributed by atoms with Gasteiger partial charge in [0.1, 0.15) is 0 Å². The van der Waals surface area contributed by atoms with Crippen LogP contribution < -0.4 is 5.73 Å². The minimum absolute atomic E-state index is 0.884. The maximum absolute atomic E-state index is 5.89. The van der Waals surface area contributed by atoms with E-state index in [0.29, 0.717) is 0 Å². The summed E-state index contributed by atoms with van der Waals surface area (Å²) in [5, 5.41) is 1.25. The van der Waals surface area contributed by atoms with Gasteiger partial charge in [-0.2, -0.15) is 0 Å². The van der Waals surface area contributed by atoms with Crippen molar-refractivity contribution < 1.29 is 0 Å². The van der Waals surface area contributed by atoms with E-state index in [0.717, 1.165) is 5.69 Å². The molecule has 0 saturated heterocycles. The lowest BCUT2D eigenvalue weighted by atomic mass is 10.2. The van der Waals surface area contributed by atoms with Gasteiger partial charge in [-0.15, -0.1) is 23.1 Å². The van der Waals surface area contributed by atoms with Crippen molar-refractivity contribution in [3.8, 4) is 0 Å². The van der Waals surface area contributed by atoms with Crippen LogP contribution in [0.2, 0.25) is 0 Å². The van der Waals surface area contributed by atoms with Crippen molar-refractivity contribution in [1.82, 2.24) is 0 Å². The molecule has 0 bridgehead atoms. The average molecular weight is 321 g/mol. The summed E-state index contributed by atoms with van der Waals surface area (Å²) in [5.74, 6) is 0. The van der Waals surface area contributed by atoms with Crippen LogP contribution in [0.5, 0.6) is 0 Å². The lowest BCUT2D eigenvalue weighted by Gasteiger charge is -2.01. The lowest BCUT2D eigenvalue weighted by Crippen LogP contribution is -1.86. The third-order valence-electron chi connectivity index (χ3n) is 1.84. The summed E-state index contributed by atoms with van der Waals surface area (Å²) in [6, 6.07) is 6.39. The third-order valence-corrected chi connectivity index (χ3v) is 4.49. The maximum atomic E-state index is 5.89. The standard InChI is InChI=1S/C9H8INS2/c1-12-8-4-7-5(2-6(8)11)3-9(10)13-7/h2-4H,11H2,1H3. The van der Waals surface area contributed by atoms with Crippen molar-refractivity contribution in [1.29, 1.82) is 0 Å². The highest BCUT2D eigenvalue weighted by molar-refractivity contribution is 14.1. The number of fused-ring (bicyclic) bond motifs is 1. The van der Waals surface area contributed by atoms with Crippen LogP contribution in [0.25, 0.3) is 10.1 Å². The van der Waals surface area contributed by atoms with E-state index in [2.05, 4.69) is 47.0 Å². The second kappa shape index (κ2) is 3.67. The Morgan fingerprint density at radius 3 is 2.85 bits per heavy atom. The van der Waals surface area contributed by atoms with Crippen LogP contribution in [0.1, 0.15) is 0 Å². The van der Waals surface area contributed by atoms with E-state index < -0.39 is 0 Å². The first-order chi connectivity index (χ1) is 6.20. The lowest BCUT2D eigenvalue weighted by molar-refractivity contribution is 1.52. The molecule has 0 radical (unpaired) electrons. The molecule has 0 atom stereocenters. The number of nitrogen functional groups attached to an aromatic ring is 1. The maximum Gasteiger partial charge on any atom is 0.0666 e. The van der Waals surface area contributed by atoms with Gasteiger partial charge in [0, 0.05) is 15.3 Å². The Morgan fingerprint density at radius 1 is 1.38 bits per heavy atom. The average Bonchev–Trinajstić information content (AvgIpc) is 2.42. The fourth-order valence-corrected chi connectivity index (χ4v) is 3.69. The van der Waals surface area contributed by atoms with Crippen molar-refractivity contribution >= 4 is 61.5 Å². The number of rotatable bonds is 1. The molecule has 1 heterocycles. The molecule has 4 heteroatoms. The molecule has 68 valence electrons. The Morgan fingerprint density at radius 2 is 2.15 bits per heavy atom. The Labute approximate surface area is 98.8 Å². The minimum atomic E-state index is 0.884. The Hall–Kier alpha value is 0.0600. The molecule has 0 aliphatic heterocycles. The van der Waals surface area contributed by atoms with Crippen molar-refractivity contribution in [3.63, 3.8) is 0 Å². The molecule has 1 aromatic carbocycles. The number of benzene rings is 1. The smallest absolute Gasteiger partial charge is 0.0666 e. The van der Waals surface area contributed by atoms with Gasteiger partial charge in [-0.1, -0.05) is 0 Å². The van der Waals surface area contributed by atoms with Crippen LogP contribution >= 0.6 is 45.7 Å². The normalized spacial score (nSPS) is 10.9. The Kier molecular flexibility index (Phi) is 2.71. The van der Waals surface area contributed by atoms with E-state index in [-0.39, 0.29) is 0 Å². The van der Waals surface area contributed by atoms with Crippen molar-refractivity contribution in [2.24, 2.45) is 0 Å². The molecule has 1 aromatic heterocycles. The number of hydrogen-bond donors (Lipinski definition) is 1. The number of thiophene rings is 1. The fourth-order valence-electron chi connectivity index (χ4n) is 1.23. The van der Waals surface area contributed by atoms with E-state index in [1.165, 1.54) is 17.9 Å². The highest BCUT2D eigenvalue weighted by Crippen LogP contribution is 2.33. The van der Waals surface area contributed by atoms with Crippen molar-refractivity contribution in [2.45, 2.75) is 4.90 Å². The number of hydrogen-bond acceptors (Lipinski definition) is 3. The number of anilines is 1. The highest BCUT2D eigenvalue weighted by atomic mass is 127. The van der Waals surface area contributed by atoms with Gasteiger partial charge < -0.3 is 5.73 Å². The predicted octanol–water partition coefficient (Wildman–Crippen LogP) is 3.81. The molecule has 0 spiro atoms. The molecule has 0 aliphatic carbocycles. The van der Waals surface area contributed by atoms with E-state index >= 15 is 0 Å². The first-order valence-corrected chi connectivity index (χ1v) is 6.85. The second-order valence-electron chi connectivity index (χ2n) is 2.68. The molecule has 2 aromatic rings. The van der Waals surface area contributed by atoms with Gasteiger partial charge in [0.05, 0.1) is 2.88 Å². The Bertz CT molecular complexity index is 450. The van der Waals surface area contributed by atoms with Gasteiger partial charge >= 0.3 is 0 Å². The summed E-state index contributed by atoms with van der Waals surface area (Å²) < 4.78 is 2.63. The van der Waals surface area contributed by atoms with Crippen LogP contribution in [-0.2, 0) is 0 Å². The molecule has 0 aliphatic rings. The van der Waals surface area contributed by atoms with Crippen LogP contribution in [0.4, 0.5) is 5.69 Å². The first kappa shape index (κ1) is 9.61. The van der Waals surface area contributed by atoms with Crippen LogP contribution in [0, 0.1) is 2.88 Å². The van der Waals surface area contributed by atoms with E-state index in [9.17, 15) is 0 Å². The number of nitrogens with two attached hydrogens (primary N) is 1. The summed E-state index contributed by atoms with van der Waals surface area (Å²) >= 11 is 5.85. The molecule has 0 amide bonds. The number of thioether (sulfide) groups is 1.